The lowest BCUT2D eigenvalue weighted by Gasteiger charge is -2.15. The lowest BCUT2D eigenvalue weighted by molar-refractivity contribution is 0.617. The Labute approximate surface area is 137 Å². The third-order valence-electron chi connectivity index (χ3n) is 3.39. The second-order valence-electron chi connectivity index (χ2n) is 5.21. The maximum atomic E-state index is 12.9. The van der Waals surface area contributed by atoms with Gasteiger partial charge in [0.25, 0.3) is 5.56 Å². The predicted octanol–water partition coefficient (Wildman–Crippen LogP) is 3.22. The molecule has 0 aliphatic heterocycles. The number of anilines is 3. The highest BCUT2D eigenvalue weighted by Gasteiger charge is 2.08. The van der Waals surface area contributed by atoms with Crippen molar-refractivity contribution in [2.45, 2.75) is 13.0 Å². The van der Waals surface area contributed by atoms with Crippen LogP contribution in [-0.2, 0) is 0 Å². The van der Waals surface area contributed by atoms with Gasteiger partial charge in [0.1, 0.15) is 23.1 Å². The highest BCUT2D eigenvalue weighted by Crippen LogP contribution is 2.18. The molecule has 0 saturated heterocycles. The topological polar surface area (TPSA) is 82.7 Å². The molecular weight excluding hydrogens is 309 g/mol. The van der Waals surface area contributed by atoms with Crippen LogP contribution in [0.5, 0.6) is 0 Å². The fraction of sp³-hybridized carbons (Fsp3) is 0.118. The number of rotatable bonds is 5. The summed E-state index contributed by atoms with van der Waals surface area (Å²) in [5.41, 5.74) is 0.896. The summed E-state index contributed by atoms with van der Waals surface area (Å²) in [6.45, 7) is 1.91. The molecule has 3 aromatic heterocycles. The van der Waals surface area contributed by atoms with Crippen LogP contribution in [0.15, 0.2) is 59.7 Å². The number of hydrogen-bond acceptors (Lipinski definition) is 5. The average Bonchev–Trinajstić information content (AvgIpc) is 2.58. The Balaban J connectivity index is 1.74. The number of halogens is 1. The Morgan fingerprint density at radius 3 is 2.71 bits per heavy atom. The van der Waals surface area contributed by atoms with E-state index in [0.29, 0.717) is 23.0 Å². The molecule has 122 valence electrons. The number of aromatic amines is 1. The molecule has 3 aromatic rings. The summed E-state index contributed by atoms with van der Waals surface area (Å²) in [4.78, 5) is 22.8. The van der Waals surface area contributed by atoms with Gasteiger partial charge in [-0.25, -0.2) is 9.37 Å². The second kappa shape index (κ2) is 6.91. The smallest absolute Gasteiger partial charge is 0.271 e. The van der Waals surface area contributed by atoms with Gasteiger partial charge in [-0.3, -0.25) is 9.78 Å². The summed E-state index contributed by atoms with van der Waals surface area (Å²) < 4.78 is 12.9. The molecule has 3 heterocycles. The predicted molar refractivity (Wildman–Crippen MR) is 90.8 cm³/mol. The summed E-state index contributed by atoms with van der Waals surface area (Å²) in [5, 5.41) is 6.17. The highest BCUT2D eigenvalue weighted by atomic mass is 19.1. The van der Waals surface area contributed by atoms with Gasteiger partial charge < -0.3 is 15.6 Å². The normalized spacial score (nSPS) is 11.8. The van der Waals surface area contributed by atoms with Crippen LogP contribution in [0.1, 0.15) is 18.7 Å². The van der Waals surface area contributed by atoms with E-state index in [-0.39, 0.29) is 17.4 Å². The Bertz CT molecular complexity index is 878. The van der Waals surface area contributed by atoms with E-state index in [4.69, 9.17) is 0 Å². The first kappa shape index (κ1) is 15.7. The molecule has 7 heteroatoms. The van der Waals surface area contributed by atoms with Crippen LogP contribution in [0.2, 0.25) is 0 Å². The van der Waals surface area contributed by atoms with Gasteiger partial charge in [-0.05, 0) is 43.3 Å². The van der Waals surface area contributed by atoms with Crippen LogP contribution in [0.25, 0.3) is 0 Å². The molecule has 0 fully saturated rings. The maximum Gasteiger partial charge on any atom is 0.271 e. The van der Waals surface area contributed by atoms with E-state index in [1.165, 1.54) is 12.3 Å². The van der Waals surface area contributed by atoms with Crippen LogP contribution in [0, 0.1) is 5.82 Å². The van der Waals surface area contributed by atoms with Crippen molar-refractivity contribution in [3.63, 3.8) is 0 Å². The SMILES string of the molecule is CC(Nc1cccc(Nc2ccc[nH]c2=O)n1)c1ccc(F)cn1. The zero-order valence-electron chi connectivity index (χ0n) is 13.0. The van der Waals surface area contributed by atoms with Crippen molar-refractivity contribution < 1.29 is 4.39 Å². The molecule has 1 atom stereocenters. The van der Waals surface area contributed by atoms with Crippen LogP contribution in [-0.4, -0.2) is 15.0 Å². The minimum atomic E-state index is -0.372. The summed E-state index contributed by atoms with van der Waals surface area (Å²) in [5.74, 6) is 0.783. The molecule has 1 unspecified atom stereocenters. The summed E-state index contributed by atoms with van der Waals surface area (Å²) in [7, 11) is 0. The largest absolute Gasteiger partial charge is 0.362 e. The van der Waals surface area contributed by atoms with Crippen LogP contribution < -0.4 is 16.2 Å². The van der Waals surface area contributed by atoms with Crippen molar-refractivity contribution in [2.75, 3.05) is 10.6 Å². The zero-order chi connectivity index (χ0) is 16.9. The maximum absolute atomic E-state index is 12.9. The van der Waals surface area contributed by atoms with Crippen molar-refractivity contribution in [2.24, 2.45) is 0 Å². The molecule has 0 spiro atoms. The molecule has 24 heavy (non-hydrogen) atoms. The highest BCUT2D eigenvalue weighted by molar-refractivity contribution is 5.57. The first-order valence-electron chi connectivity index (χ1n) is 7.41. The van der Waals surface area contributed by atoms with E-state index in [2.05, 4.69) is 25.6 Å². The Hall–Kier alpha value is -3.22. The molecule has 0 saturated carbocycles. The molecule has 0 aliphatic carbocycles. The quantitative estimate of drug-likeness (QED) is 0.671. The molecular formula is C17H16FN5O. The summed E-state index contributed by atoms with van der Waals surface area (Å²) in [6, 6.07) is 11.6. The van der Waals surface area contributed by atoms with Crippen molar-refractivity contribution in [3.05, 3.63) is 76.7 Å². The van der Waals surface area contributed by atoms with Crippen LogP contribution >= 0.6 is 0 Å². The van der Waals surface area contributed by atoms with Gasteiger partial charge in [-0.1, -0.05) is 6.07 Å². The van der Waals surface area contributed by atoms with Crippen LogP contribution in [0.3, 0.4) is 0 Å². The first-order valence-corrected chi connectivity index (χ1v) is 7.41. The molecule has 3 N–H and O–H groups in total. The van der Waals surface area contributed by atoms with E-state index in [1.54, 1.807) is 36.5 Å². The van der Waals surface area contributed by atoms with E-state index in [1.807, 2.05) is 13.0 Å². The van der Waals surface area contributed by atoms with Gasteiger partial charge in [0, 0.05) is 6.20 Å². The fourth-order valence-corrected chi connectivity index (χ4v) is 2.18. The summed E-state index contributed by atoms with van der Waals surface area (Å²) in [6.07, 6.45) is 2.75. The van der Waals surface area contributed by atoms with Gasteiger partial charge in [-0.2, -0.15) is 0 Å². The van der Waals surface area contributed by atoms with Gasteiger partial charge in [0.15, 0.2) is 0 Å². The average molecular weight is 325 g/mol. The van der Waals surface area contributed by atoms with Gasteiger partial charge in [0.05, 0.1) is 17.9 Å². The first-order chi connectivity index (χ1) is 11.6. The van der Waals surface area contributed by atoms with E-state index < -0.39 is 0 Å². The number of H-pyrrole nitrogens is 1. The third-order valence-corrected chi connectivity index (χ3v) is 3.39. The molecule has 0 aromatic carbocycles. The molecule has 0 bridgehead atoms. The minimum absolute atomic E-state index is 0.145. The number of aromatic nitrogens is 3. The van der Waals surface area contributed by atoms with Gasteiger partial charge in [-0.15, -0.1) is 0 Å². The van der Waals surface area contributed by atoms with Crippen LogP contribution in [0.4, 0.5) is 21.7 Å². The number of nitrogens with zero attached hydrogens (tertiary/aromatic N) is 2. The van der Waals surface area contributed by atoms with Crippen molar-refractivity contribution in [1.82, 2.24) is 15.0 Å². The molecule has 3 rings (SSSR count). The van der Waals surface area contributed by atoms with E-state index >= 15 is 0 Å². The fourth-order valence-electron chi connectivity index (χ4n) is 2.18. The summed E-state index contributed by atoms with van der Waals surface area (Å²) >= 11 is 0. The Kier molecular flexibility index (Phi) is 4.51. The number of pyridine rings is 3. The monoisotopic (exact) mass is 325 g/mol. The van der Waals surface area contributed by atoms with E-state index in [9.17, 15) is 9.18 Å². The van der Waals surface area contributed by atoms with E-state index in [0.717, 1.165) is 0 Å². The molecule has 0 radical (unpaired) electrons. The lowest BCUT2D eigenvalue weighted by atomic mass is 10.2. The standard InChI is InChI=1S/C17H16FN5O/c1-11(13-8-7-12(18)10-20-13)21-15-5-2-6-16(23-15)22-14-4-3-9-19-17(14)24/h2-11H,1H3,(H,19,24)(H2,21,22,23). The van der Waals surface area contributed by atoms with Crippen molar-refractivity contribution in [1.29, 1.82) is 0 Å². The Morgan fingerprint density at radius 1 is 1.12 bits per heavy atom. The van der Waals surface area contributed by atoms with Crippen molar-refractivity contribution in [3.8, 4) is 0 Å². The number of hydrogen-bond donors (Lipinski definition) is 3. The van der Waals surface area contributed by atoms with Crippen molar-refractivity contribution >= 4 is 17.3 Å². The molecule has 0 aliphatic rings. The Morgan fingerprint density at radius 2 is 1.96 bits per heavy atom. The zero-order valence-corrected chi connectivity index (χ0v) is 13.0. The van der Waals surface area contributed by atoms with Gasteiger partial charge >= 0.3 is 0 Å². The molecule has 0 amide bonds. The number of nitrogens with one attached hydrogen (secondary N) is 3. The third kappa shape index (κ3) is 3.75. The van der Waals surface area contributed by atoms with Gasteiger partial charge in [0.2, 0.25) is 0 Å². The lowest BCUT2D eigenvalue weighted by Crippen LogP contribution is -2.12. The second-order valence-corrected chi connectivity index (χ2v) is 5.21. The minimum Gasteiger partial charge on any atom is -0.362 e. The molecule has 6 nitrogen and oxygen atoms in total.